The molecule has 7 nitrogen and oxygen atoms in total. The van der Waals surface area contributed by atoms with Crippen molar-refractivity contribution in [2.75, 3.05) is 5.75 Å². The fraction of sp³-hybridized carbons (Fsp3) is 0.615. The van der Waals surface area contributed by atoms with Gasteiger partial charge in [0.15, 0.2) is 10.8 Å². The molecule has 2 unspecified atom stereocenters. The molecule has 21 heavy (non-hydrogen) atoms. The highest BCUT2D eigenvalue weighted by Gasteiger charge is 2.46. The van der Waals surface area contributed by atoms with Crippen molar-refractivity contribution in [2.24, 2.45) is 11.7 Å². The Morgan fingerprint density at radius 3 is 3.05 bits per heavy atom. The Morgan fingerprint density at radius 1 is 1.67 bits per heavy atom. The van der Waals surface area contributed by atoms with E-state index in [9.17, 15) is 9.35 Å². The number of primary amides is 1. The van der Waals surface area contributed by atoms with Crippen LogP contribution in [0.1, 0.15) is 31.4 Å². The first-order valence-corrected chi connectivity index (χ1v) is 8.28. The Morgan fingerprint density at radius 2 is 2.43 bits per heavy atom. The van der Waals surface area contributed by atoms with E-state index in [1.807, 2.05) is 6.42 Å². The number of aromatic nitrogens is 3. The van der Waals surface area contributed by atoms with Crippen molar-refractivity contribution in [2.45, 2.75) is 36.5 Å². The second-order valence-corrected chi connectivity index (χ2v) is 7.40. The van der Waals surface area contributed by atoms with Crippen LogP contribution in [0.5, 0.6) is 0 Å². The highest BCUT2D eigenvalue weighted by atomic mass is 32.2. The van der Waals surface area contributed by atoms with Crippen molar-refractivity contribution in [3.8, 4) is 6.07 Å². The van der Waals surface area contributed by atoms with Crippen molar-refractivity contribution in [3.63, 3.8) is 0 Å². The smallest absolute Gasteiger partial charge is 0.270 e. The van der Waals surface area contributed by atoms with Gasteiger partial charge in [0.25, 0.3) is 5.91 Å². The molecule has 0 bridgehead atoms. The summed E-state index contributed by atoms with van der Waals surface area (Å²) >= 11 is -1.17. The van der Waals surface area contributed by atoms with Gasteiger partial charge in [-0.3, -0.25) is 4.79 Å². The molecule has 3 atom stereocenters. The summed E-state index contributed by atoms with van der Waals surface area (Å²) in [5, 5.41) is 16.6. The molecule has 1 radical (unpaired) electrons. The van der Waals surface area contributed by atoms with Gasteiger partial charge in [-0.15, -0.1) is 5.10 Å². The van der Waals surface area contributed by atoms with Crippen LogP contribution >= 0.6 is 0 Å². The van der Waals surface area contributed by atoms with Crippen LogP contribution in [0.4, 0.5) is 0 Å². The summed E-state index contributed by atoms with van der Waals surface area (Å²) in [4.78, 5) is 11.3. The van der Waals surface area contributed by atoms with Gasteiger partial charge in [0.1, 0.15) is 5.75 Å². The molecule has 1 amide bonds. The van der Waals surface area contributed by atoms with Gasteiger partial charge in [-0.25, -0.2) is 4.68 Å². The van der Waals surface area contributed by atoms with E-state index >= 15 is 0 Å². The average molecular weight is 306 g/mol. The zero-order chi connectivity index (χ0) is 15.0. The second kappa shape index (κ2) is 5.31. The van der Waals surface area contributed by atoms with Gasteiger partial charge in [-0.05, 0) is 36.4 Å². The van der Waals surface area contributed by atoms with Crippen LogP contribution < -0.4 is 5.73 Å². The summed E-state index contributed by atoms with van der Waals surface area (Å²) in [7, 11) is 0. The third kappa shape index (κ3) is 2.76. The van der Waals surface area contributed by atoms with Crippen LogP contribution in [0.2, 0.25) is 0 Å². The largest absolute Gasteiger partial charge is 0.616 e. The monoisotopic (exact) mass is 306 g/mol. The lowest BCUT2D eigenvalue weighted by Crippen LogP contribution is -2.42. The number of hydrogen-bond donors (Lipinski definition) is 1. The SMILES string of the molecule is N#CC1(n2cc([CH]C3CC[S+]([O-])[C@H](C(N)=O)C3)nn2)CC1. The van der Waals surface area contributed by atoms with Crippen LogP contribution in [-0.4, -0.2) is 36.5 Å². The molecule has 8 heteroatoms. The van der Waals surface area contributed by atoms with E-state index in [0.29, 0.717) is 17.9 Å². The molecule has 0 spiro atoms. The Labute approximate surface area is 125 Å². The maximum Gasteiger partial charge on any atom is 0.270 e. The number of amides is 1. The van der Waals surface area contributed by atoms with Crippen molar-refractivity contribution in [1.29, 1.82) is 5.26 Å². The van der Waals surface area contributed by atoms with Crippen LogP contribution in [0, 0.1) is 23.7 Å². The summed E-state index contributed by atoms with van der Waals surface area (Å²) in [6.07, 6.45) is 6.53. The molecule has 1 aliphatic heterocycles. The van der Waals surface area contributed by atoms with Crippen molar-refractivity contribution < 1.29 is 9.35 Å². The number of rotatable bonds is 4. The number of nitrogens with zero attached hydrogens (tertiary/aromatic N) is 4. The number of nitrogens with two attached hydrogens (primary N) is 1. The van der Waals surface area contributed by atoms with Gasteiger partial charge >= 0.3 is 0 Å². The first kappa shape index (κ1) is 14.4. The van der Waals surface area contributed by atoms with E-state index in [0.717, 1.165) is 19.3 Å². The molecule has 1 saturated carbocycles. The molecule has 3 rings (SSSR count). The van der Waals surface area contributed by atoms with Gasteiger partial charge in [0.05, 0.1) is 18.0 Å². The predicted octanol–water partition coefficient (Wildman–Crippen LogP) is -0.144. The molecule has 1 saturated heterocycles. The molecule has 0 aromatic carbocycles. The van der Waals surface area contributed by atoms with Crippen molar-refractivity contribution in [3.05, 3.63) is 18.3 Å². The molecule has 2 fully saturated rings. The van der Waals surface area contributed by atoms with Gasteiger partial charge < -0.3 is 10.3 Å². The van der Waals surface area contributed by atoms with Gasteiger partial charge in [-0.1, -0.05) is 5.21 Å². The molecule has 1 aromatic heterocycles. The van der Waals surface area contributed by atoms with E-state index < -0.39 is 27.9 Å². The normalized spacial score (nSPS) is 30.6. The maximum absolute atomic E-state index is 11.7. The van der Waals surface area contributed by atoms with Crippen LogP contribution in [0.15, 0.2) is 6.20 Å². The topological polar surface area (TPSA) is 121 Å². The first-order chi connectivity index (χ1) is 10.0. The van der Waals surface area contributed by atoms with Crippen molar-refractivity contribution >= 4 is 17.1 Å². The van der Waals surface area contributed by atoms with E-state index in [1.165, 1.54) is 0 Å². The fourth-order valence-corrected chi connectivity index (χ4v) is 4.16. The molecular weight excluding hydrogens is 290 g/mol. The summed E-state index contributed by atoms with van der Waals surface area (Å²) in [6.45, 7) is 0. The molecule has 2 N–H and O–H groups in total. The van der Waals surface area contributed by atoms with Gasteiger partial charge in [0.2, 0.25) is 0 Å². The maximum atomic E-state index is 11.7. The molecule has 111 valence electrons. The highest BCUT2D eigenvalue weighted by molar-refractivity contribution is 7.92. The molecule has 2 aliphatic rings. The van der Waals surface area contributed by atoms with E-state index in [4.69, 9.17) is 11.0 Å². The number of hydrogen-bond acceptors (Lipinski definition) is 5. The Balaban J connectivity index is 1.65. The Kier molecular flexibility index (Phi) is 3.63. The van der Waals surface area contributed by atoms with Gasteiger partial charge in [-0.2, -0.15) is 5.26 Å². The Hall–Kier alpha value is -1.59. The van der Waals surface area contributed by atoms with Crippen LogP contribution in [0.3, 0.4) is 0 Å². The summed E-state index contributed by atoms with van der Waals surface area (Å²) < 4.78 is 13.4. The lowest BCUT2D eigenvalue weighted by Gasteiger charge is -2.29. The third-order valence-electron chi connectivity index (χ3n) is 4.13. The van der Waals surface area contributed by atoms with Crippen LogP contribution in [-0.2, 0) is 21.5 Å². The predicted molar refractivity (Wildman–Crippen MR) is 75.0 cm³/mol. The van der Waals surface area contributed by atoms with E-state index in [2.05, 4.69) is 16.4 Å². The van der Waals surface area contributed by atoms with E-state index in [-0.39, 0.29) is 5.92 Å². The minimum absolute atomic E-state index is 0.114. The highest BCUT2D eigenvalue weighted by Crippen LogP contribution is 2.42. The average Bonchev–Trinajstić information content (AvgIpc) is 3.13. The quantitative estimate of drug-likeness (QED) is 0.776. The zero-order valence-electron chi connectivity index (χ0n) is 11.4. The summed E-state index contributed by atoms with van der Waals surface area (Å²) in [5.41, 5.74) is 5.47. The Bertz CT molecular complexity index is 592. The second-order valence-electron chi connectivity index (χ2n) is 5.66. The lowest BCUT2D eigenvalue weighted by molar-refractivity contribution is -0.118. The minimum Gasteiger partial charge on any atom is -0.616 e. The number of nitriles is 1. The number of carbonyl (C=O) groups excluding carboxylic acids is 1. The lowest BCUT2D eigenvalue weighted by atomic mass is 9.94. The van der Waals surface area contributed by atoms with Crippen LogP contribution in [0.25, 0.3) is 0 Å². The van der Waals surface area contributed by atoms with Crippen molar-refractivity contribution in [1.82, 2.24) is 15.0 Å². The molecule has 2 heterocycles. The number of carbonyl (C=O) groups is 1. The molecule has 1 aromatic rings. The minimum atomic E-state index is -1.17. The fourth-order valence-electron chi connectivity index (χ4n) is 2.62. The summed E-state index contributed by atoms with van der Waals surface area (Å²) in [5.74, 6) is 0.0875. The molecule has 1 aliphatic carbocycles. The van der Waals surface area contributed by atoms with Gasteiger partial charge in [0, 0.05) is 12.8 Å². The van der Waals surface area contributed by atoms with E-state index in [1.54, 1.807) is 10.9 Å². The zero-order valence-corrected chi connectivity index (χ0v) is 12.3. The standard InChI is InChI=1S/C13H16N5O2S/c14-8-13(2-3-13)18-7-10(16-17-18)5-9-1-4-21(20)11(6-9)12(15)19/h5,7,9,11H,1-4,6H2,(H2,15,19)/t9?,11-,21?/m0/s1. The summed E-state index contributed by atoms with van der Waals surface area (Å²) in [6, 6.07) is 2.26. The molecular formula is C13H16N5O2S. The first-order valence-electron chi connectivity index (χ1n) is 6.89. The third-order valence-corrected chi connectivity index (χ3v) is 5.83.